The molecule has 96 valence electrons. The summed E-state index contributed by atoms with van der Waals surface area (Å²) < 4.78 is 0. The molecule has 0 unspecified atom stereocenters. The van der Waals surface area contributed by atoms with Crippen molar-refractivity contribution in [3.63, 3.8) is 0 Å². The van der Waals surface area contributed by atoms with E-state index >= 15 is 0 Å². The Kier molecular flexibility index (Phi) is 3.39. The lowest BCUT2D eigenvalue weighted by Gasteiger charge is -2.22. The van der Waals surface area contributed by atoms with Crippen LogP contribution in [0.5, 0.6) is 0 Å². The highest BCUT2D eigenvalue weighted by molar-refractivity contribution is 6.00. The third-order valence-electron chi connectivity index (χ3n) is 2.99. The third kappa shape index (κ3) is 2.54. The molecule has 0 atom stereocenters. The fourth-order valence-corrected chi connectivity index (χ4v) is 1.77. The molecule has 18 heavy (non-hydrogen) atoms. The van der Waals surface area contributed by atoms with Gasteiger partial charge in [-0.3, -0.25) is 0 Å². The quantitative estimate of drug-likeness (QED) is 0.722. The minimum Gasteiger partial charge on any atom is -0.398 e. The first kappa shape index (κ1) is 12.6. The van der Waals surface area contributed by atoms with Crippen molar-refractivity contribution < 1.29 is 5.11 Å². The number of hydrogen-bond donors (Lipinski definition) is 3. The Labute approximate surface area is 107 Å². The van der Waals surface area contributed by atoms with E-state index in [0.717, 1.165) is 16.6 Å². The van der Waals surface area contributed by atoms with Gasteiger partial charge in [0.05, 0.1) is 0 Å². The second-order valence-corrected chi connectivity index (χ2v) is 5.28. The largest absolute Gasteiger partial charge is 0.398 e. The molecule has 4 heteroatoms. The molecule has 0 saturated carbocycles. The van der Waals surface area contributed by atoms with Crippen LogP contribution in [0.4, 0.5) is 11.5 Å². The smallest absolute Gasteiger partial charge is 0.135 e. The van der Waals surface area contributed by atoms with E-state index in [0.29, 0.717) is 12.2 Å². The number of nitrogens with one attached hydrogen (secondary N) is 1. The number of anilines is 2. The van der Waals surface area contributed by atoms with Crippen molar-refractivity contribution in [3.8, 4) is 0 Å². The number of benzene rings is 1. The third-order valence-corrected chi connectivity index (χ3v) is 2.99. The number of nitrogens with zero attached hydrogens (tertiary/aromatic N) is 1. The highest BCUT2D eigenvalue weighted by Gasteiger charge is 2.17. The second kappa shape index (κ2) is 4.82. The van der Waals surface area contributed by atoms with Crippen LogP contribution in [-0.4, -0.2) is 23.2 Å². The van der Waals surface area contributed by atoms with Crippen molar-refractivity contribution in [1.82, 2.24) is 4.98 Å². The van der Waals surface area contributed by atoms with Crippen LogP contribution in [0.2, 0.25) is 0 Å². The molecule has 0 aliphatic carbocycles. The number of aliphatic hydroxyl groups is 1. The maximum atomic E-state index is 9.25. The molecule has 0 amide bonds. The summed E-state index contributed by atoms with van der Waals surface area (Å²) in [6, 6.07) is 7.75. The highest BCUT2D eigenvalue weighted by atomic mass is 16.3. The second-order valence-electron chi connectivity index (χ2n) is 5.28. The number of aliphatic hydroxyl groups excluding tert-OH is 1. The Morgan fingerprint density at radius 1 is 1.33 bits per heavy atom. The Hall–Kier alpha value is -1.81. The van der Waals surface area contributed by atoms with Crippen molar-refractivity contribution >= 4 is 22.3 Å². The van der Waals surface area contributed by atoms with E-state index in [1.807, 2.05) is 38.1 Å². The van der Waals surface area contributed by atoms with Gasteiger partial charge in [0, 0.05) is 35.8 Å². The van der Waals surface area contributed by atoms with Gasteiger partial charge in [-0.2, -0.15) is 0 Å². The zero-order valence-electron chi connectivity index (χ0n) is 10.8. The summed E-state index contributed by atoms with van der Waals surface area (Å²) in [7, 11) is 0. The molecule has 4 N–H and O–H groups in total. The van der Waals surface area contributed by atoms with E-state index < -0.39 is 0 Å². The number of hydrogen-bond acceptors (Lipinski definition) is 4. The van der Waals surface area contributed by atoms with Crippen LogP contribution < -0.4 is 11.1 Å². The first-order valence-corrected chi connectivity index (χ1v) is 6.01. The molecule has 2 rings (SSSR count). The van der Waals surface area contributed by atoms with Gasteiger partial charge in [0.1, 0.15) is 5.82 Å². The molecule has 0 bridgehead atoms. The van der Waals surface area contributed by atoms with E-state index in [1.54, 1.807) is 6.20 Å². The van der Waals surface area contributed by atoms with Crippen LogP contribution >= 0.6 is 0 Å². The number of rotatable bonds is 4. The van der Waals surface area contributed by atoms with Gasteiger partial charge < -0.3 is 16.2 Å². The summed E-state index contributed by atoms with van der Waals surface area (Å²) in [5.74, 6) is 0.770. The Bertz CT molecular complexity index is 546. The van der Waals surface area contributed by atoms with Crippen molar-refractivity contribution in [3.05, 3.63) is 30.5 Å². The number of nitrogens with two attached hydrogens (primary N) is 1. The van der Waals surface area contributed by atoms with Crippen LogP contribution in [0.25, 0.3) is 10.8 Å². The van der Waals surface area contributed by atoms with Crippen molar-refractivity contribution in [2.24, 2.45) is 5.41 Å². The first-order valence-electron chi connectivity index (χ1n) is 6.01. The molecule has 0 fully saturated rings. The van der Waals surface area contributed by atoms with Gasteiger partial charge in [0.2, 0.25) is 0 Å². The van der Waals surface area contributed by atoms with Gasteiger partial charge in [0.25, 0.3) is 0 Å². The van der Waals surface area contributed by atoms with Crippen LogP contribution in [0.1, 0.15) is 13.8 Å². The monoisotopic (exact) mass is 245 g/mol. The summed E-state index contributed by atoms with van der Waals surface area (Å²) >= 11 is 0. The van der Waals surface area contributed by atoms with E-state index in [2.05, 4.69) is 10.3 Å². The summed E-state index contributed by atoms with van der Waals surface area (Å²) in [6.45, 7) is 4.76. The number of aromatic nitrogens is 1. The molecule has 1 heterocycles. The number of nitrogen functional groups attached to an aromatic ring is 1. The van der Waals surface area contributed by atoms with Gasteiger partial charge in [-0.15, -0.1) is 0 Å². The standard InChI is InChI=1S/C14H19N3O/c1-14(2,9-18)8-17-13-12-10(6-7-16-13)4-3-5-11(12)15/h3-7,18H,8-9,15H2,1-2H3,(H,16,17). The molecular formula is C14H19N3O. The van der Waals surface area contributed by atoms with E-state index in [4.69, 9.17) is 5.73 Å². The van der Waals surface area contributed by atoms with Crippen LogP contribution in [0.15, 0.2) is 30.5 Å². The lowest BCUT2D eigenvalue weighted by Crippen LogP contribution is -2.27. The predicted octanol–water partition coefficient (Wildman–Crippen LogP) is 2.25. The van der Waals surface area contributed by atoms with Gasteiger partial charge in [-0.25, -0.2) is 4.98 Å². The van der Waals surface area contributed by atoms with Crippen molar-refractivity contribution in [2.75, 3.05) is 24.2 Å². The molecule has 0 aliphatic rings. The average Bonchev–Trinajstić information content (AvgIpc) is 2.37. The van der Waals surface area contributed by atoms with E-state index in [9.17, 15) is 5.11 Å². The van der Waals surface area contributed by atoms with E-state index in [-0.39, 0.29) is 12.0 Å². The summed E-state index contributed by atoms with van der Waals surface area (Å²) in [5.41, 5.74) is 6.53. The zero-order valence-corrected chi connectivity index (χ0v) is 10.8. The summed E-state index contributed by atoms with van der Waals surface area (Å²) in [6.07, 6.45) is 1.76. The van der Waals surface area contributed by atoms with E-state index in [1.165, 1.54) is 0 Å². The van der Waals surface area contributed by atoms with Crippen LogP contribution in [-0.2, 0) is 0 Å². The topological polar surface area (TPSA) is 71.2 Å². The maximum absolute atomic E-state index is 9.25. The molecule has 0 radical (unpaired) electrons. The lowest BCUT2D eigenvalue weighted by molar-refractivity contribution is 0.171. The molecule has 1 aromatic carbocycles. The van der Waals surface area contributed by atoms with Gasteiger partial charge in [-0.05, 0) is 17.5 Å². The molecule has 1 aromatic heterocycles. The van der Waals surface area contributed by atoms with Crippen molar-refractivity contribution in [2.45, 2.75) is 13.8 Å². The Balaban J connectivity index is 2.34. The SMILES string of the molecule is CC(C)(CO)CNc1nccc2cccc(N)c12. The summed E-state index contributed by atoms with van der Waals surface area (Å²) in [5, 5.41) is 14.5. The van der Waals surface area contributed by atoms with Crippen LogP contribution in [0.3, 0.4) is 0 Å². The number of fused-ring (bicyclic) bond motifs is 1. The Morgan fingerprint density at radius 3 is 2.83 bits per heavy atom. The predicted molar refractivity (Wildman–Crippen MR) is 75.5 cm³/mol. The molecule has 4 nitrogen and oxygen atoms in total. The zero-order chi connectivity index (χ0) is 13.2. The minimum atomic E-state index is -0.187. The molecule has 0 saturated heterocycles. The minimum absolute atomic E-state index is 0.125. The van der Waals surface area contributed by atoms with Crippen molar-refractivity contribution in [1.29, 1.82) is 0 Å². The van der Waals surface area contributed by atoms with Gasteiger partial charge >= 0.3 is 0 Å². The summed E-state index contributed by atoms with van der Waals surface area (Å²) in [4.78, 5) is 4.33. The molecule has 2 aromatic rings. The fraction of sp³-hybridized carbons (Fsp3) is 0.357. The first-order chi connectivity index (χ1) is 8.53. The van der Waals surface area contributed by atoms with Crippen LogP contribution in [0, 0.1) is 5.41 Å². The van der Waals surface area contributed by atoms with Gasteiger partial charge in [-0.1, -0.05) is 26.0 Å². The lowest BCUT2D eigenvalue weighted by atomic mass is 9.95. The number of pyridine rings is 1. The molecule has 0 aliphatic heterocycles. The molecular weight excluding hydrogens is 226 g/mol. The highest BCUT2D eigenvalue weighted by Crippen LogP contribution is 2.27. The van der Waals surface area contributed by atoms with Gasteiger partial charge in [0.15, 0.2) is 0 Å². The fourth-order valence-electron chi connectivity index (χ4n) is 1.77. The Morgan fingerprint density at radius 2 is 2.11 bits per heavy atom. The average molecular weight is 245 g/mol. The maximum Gasteiger partial charge on any atom is 0.135 e. The molecule has 0 spiro atoms. The normalized spacial score (nSPS) is 11.7.